The zero-order valence-corrected chi connectivity index (χ0v) is 17.2. The zero-order chi connectivity index (χ0) is 21.3. The number of nitrogens with zero attached hydrogens (tertiary/aromatic N) is 1. The number of amides is 1. The van der Waals surface area contributed by atoms with Crippen molar-refractivity contribution in [2.75, 3.05) is 5.32 Å². The van der Waals surface area contributed by atoms with Gasteiger partial charge in [0.1, 0.15) is 16.5 Å². The monoisotopic (exact) mass is 443 g/mol. The molecule has 2 aromatic carbocycles. The molecule has 0 aliphatic carbocycles. The third-order valence-corrected chi connectivity index (χ3v) is 6.18. The molecule has 5 nitrogen and oxygen atoms in total. The van der Waals surface area contributed by atoms with Crippen LogP contribution in [0, 0.1) is 11.6 Å². The summed E-state index contributed by atoms with van der Waals surface area (Å²) in [5, 5.41) is 4.59. The number of halogens is 2. The van der Waals surface area contributed by atoms with Crippen molar-refractivity contribution in [3.63, 3.8) is 0 Å². The molecule has 30 heavy (non-hydrogen) atoms. The van der Waals surface area contributed by atoms with Crippen molar-refractivity contribution in [2.24, 2.45) is 0 Å². The largest absolute Gasteiger partial charge is 0.325 e. The number of anilines is 1. The molecule has 2 heterocycles. The summed E-state index contributed by atoms with van der Waals surface area (Å²) in [6.45, 7) is 1.67. The number of aromatic nitrogens is 2. The second-order valence-electron chi connectivity index (χ2n) is 6.47. The van der Waals surface area contributed by atoms with E-state index < -0.39 is 11.1 Å². The highest BCUT2D eigenvalue weighted by atomic mass is 32.2. The molecule has 2 aromatic heterocycles. The molecule has 0 fully saturated rings. The Morgan fingerprint density at radius 1 is 1.17 bits per heavy atom. The number of rotatable bonds is 5. The van der Waals surface area contributed by atoms with E-state index in [9.17, 15) is 18.4 Å². The molecule has 0 bridgehead atoms. The van der Waals surface area contributed by atoms with Crippen molar-refractivity contribution < 1.29 is 13.6 Å². The topological polar surface area (TPSA) is 74.8 Å². The van der Waals surface area contributed by atoms with Crippen molar-refractivity contribution in [1.82, 2.24) is 9.97 Å². The molecular formula is C21H15F2N3O2S2. The summed E-state index contributed by atoms with van der Waals surface area (Å²) in [6, 6.07) is 11.5. The van der Waals surface area contributed by atoms with Gasteiger partial charge in [0.05, 0.1) is 10.6 Å². The van der Waals surface area contributed by atoms with Crippen LogP contribution in [0.15, 0.2) is 63.9 Å². The van der Waals surface area contributed by atoms with Crippen LogP contribution in [0.5, 0.6) is 0 Å². The highest BCUT2D eigenvalue weighted by Crippen LogP contribution is 2.32. The summed E-state index contributed by atoms with van der Waals surface area (Å²) >= 11 is 2.40. The molecule has 0 saturated carbocycles. The van der Waals surface area contributed by atoms with E-state index in [1.807, 2.05) is 0 Å². The first-order valence-electron chi connectivity index (χ1n) is 8.91. The highest BCUT2D eigenvalue weighted by Gasteiger charge is 2.19. The fourth-order valence-corrected chi connectivity index (χ4v) is 4.66. The molecule has 4 aromatic rings. The van der Waals surface area contributed by atoms with Crippen molar-refractivity contribution in [1.29, 1.82) is 0 Å². The van der Waals surface area contributed by atoms with Gasteiger partial charge in [-0.1, -0.05) is 30.0 Å². The zero-order valence-electron chi connectivity index (χ0n) is 15.6. The highest BCUT2D eigenvalue weighted by molar-refractivity contribution is 8.00. The van der Waals surface area contributed by atoms with Gasteiger partial charge in [-0.25, -0.2) is 13.8 Å². The Balaban J connectivity index is 1.56. The standard InChI is InChI=1S/C21H15F2N3O2S2/c1-11(18(27)24-15-4-2-3-14(23)9-15)30-21-25-19(28)17-16(10-29-20(17)26-21)12-5-7-13(22)8-6-12/h2-11H,1H3,(H,24,27)(H,25,26,28). The van der Waals surface area contributed by atoms with Crippen molar-refractivity contribution in [3.8, 4) is 11.1 Å². The molecule has 152 valence electrons. The lowest BCUT2D eigenvalue weighted by Gasteiger charge is -2.11. The molecule has 0 radical (unpaired) electrons. The Morgan fingerprint density at radius 3 is 2.67 bits per heavy atom. The summed E-state index contributed by atoms with van der Waals surface area (Å²) in [5.74, 6) is -1.14. The SMILES string of the molecule is CC(Sc1nc2scc(-c3ccc(F)cc3)c2c(=O)[nH]1)C(=O)Nc1cccc(F)c1. The molecule has 1 unspecified atom stereocenters. The van der Waals surface area contributed by atoms with Crippen LogP contribution in [0.25, 0.3) is 21.3 Å². The molecule has 0 aliphatic rings. The van der Waals surface area contributed by atoms with Crippen LogP contribution in [0.4, 0.5) is 14.5 Å². The van der Waals surface area contributed by atoms with Gasteiger partial charge in [-0.15, -0.1) is 11.3 Å². The summed E-state index contributed by atoms with van der Waals surface area (Å²) in [7, 11) is 0. The van der Waals surface area contributed by atoms with Crippen LogP contribution < -0.4 is 10.9 Å². The van der Waals surface area contributed by atoms with Gasteiger partial charge in [0, 0.05) is 16.6 Å². The maximum absolute atomic E-state index is 13.3. The van der Waals surface area contributed by atoms with Gasteiger partial charge in [-0.05, 0) is 42.8 Å². The quantitative estimate of drug-likeness (QED) is 0.334. The van der Waals surface area contributed by atoms with Crippen LogP contribution in [0.3, 0.4) is 0 Å². The molecule has 0 saturated heterocycles. The van der Waals surface area contributed by atoms with E-state index in [0.717, 1.165) is 17.3 Å². The number of benzene rings is 2. The molecule has 4 rings (SSSR count). The first-order chi connectivity index (χ1) is 14.4. The summed E-state index contributed by atoms with van der Waals surface area (Å²) < 4.78 is 26.5. The minimum Gasteiger partial charge on any atom is -0.325 e. The van der Waals surface area contributed by atoms with Gasteiger partial charge in [0.15, 0.2) is 5.16 Å². The molecule has 0 aliphatic heterocycles. The van der Waals surface area contributed by atoms with Crippen molar-refractivity contribution in [3.05, 3.63) is 75.9 Å². The fraction of sp³-hybridized carbons (Fsp3) is 0.0952. The maximum Gasteiger partial charge on any atom is 0.260 e. The van der Waals surface area contributed by atoms with Crippen LogP contribution in [-0.4, -0.2) is 21.1 Å². The molecule has 2 N–H and O–H groups in total. The Hall–Kier alpha value is -3.04. The summed E-state index contributed by atoms with van der Waals surface area (Å²) in [6.07, 6.45) is 0. The Bertz CT molecular complexity index is 1290. The summed E-state index contributed by atoms with van der Waals surface area (Å²) in [5.41, 5.74) is 1.42. The van der Waals surface area contributed by atoms with Gasteiger partial charge < -0.3 is 10.3 Å². The third kappa shape index (κ3) is 4.27. The minimum absolute atomic E-state index is 0.307. The Morgan fingerprint density at radius 2 is 1.93 bits per heavy atom. The van der Waals surface area contributed by atoms with Crippen LogP contribution in [0.1, 0.15) is 6.92 Å². The Labute approximate surface area is 178 Å². The number of fused-ring (bicyclic) bond motifs is 1. The number of thioether (sulfide) groups is 1. The van der Waals surface area contributed by atoms with Crippen LogP contribution in [0.2, 0.25) is 0 Å². The molecule has 1 atom stereocenters. The van der Waals surface area contributed by atoms with Gasteiger partial charge in [-0.2, -0.15) is 0 Å². The average molecular weight is 444 g/mol. The second-order valence-corrected chi connectivity index (χ2v) is 8.65. The van der Waals surface area contributed by atoms with Gasteiger partial charge in [-0.3, -0.25) is 9.59 Å². The average Bonchev–Trinajstić information content (AvgIpc) is 3.13. The fourth-order valence-electron chi connectivity index (χ4n) is 2.86. The van der Waals surface area contributed by atoms with E-state index in [1.54, 1.807) is 30.5 Å². The smallest absolute Gasteiger partial charge is 0.260 e. The van der Waals surface area contributed by atoms with E-state index >= 15 is 0 Å². The predicted molar refractivity (Wildman–Crippen MR) is 116 cm³/mol. The predicted octanol–water partition coefficient (Wildman–Crippen LogP) is 5.05. The lowest BCUT2D eigenvalue weighted by molar-refractivity contribution is -0.115. The van der Waals surface area contributed by atoms with E-state index in [2.05, 4.69) is 15.3 Å². The number of aromatic amines is 1. The first kappa shape index (κ1) is 20.2. The van der Waals surface area contributed by atoms with Crippen molar-refractivity contribution >= 4 is 44.9 Å². The number of hydrogen-bond donors (Lipinski definition) is 2. The van der Waals surface area contributed by atoms with Crippen molar-refractivity contribution in [2.45, 2.75) is 17.3 Å². The van der Waals surface area contributed by atoms with Gasteiger partial charge >= 0.3 is 0 Å². The number of nitrogens with one attached hydrogen (secondary N) is 2. The molecule has 0 spiro atoms. The maximum atomic E-state index is 13.3. The second kappa shape index (κ2) is 8.37. The van der Waals surface area contributed by atoms with E-state index in [4.69, 9.17) is 0 Å². The number of H-pyrrole nitrogens is 1. The van der Waals surface area contributed by atoms with Gasteiger partial charge in [0.25, 0.3) is 5.56 Å². The molecule has 9 heteroatoms. The van der Waals surface area contributed by atoms with Crippen LogP contribution in [-0.2, 0) is 4.79 Å². The molecule has 1 amide bonds. The minimum atomic E-state index is -0.578. The number of thiophene rings is 1. The Kier molecular flexibility index (Phi) is 5.65. The lowest BCUT2D eigenvalue weighted by Crippen LogP contribution is -2.23. The van der Waals surface area contributed by atoms with Crippen LogP contribution >= 0.6 is 23.1 Å². The first-order valence-corrected chi connectivity index (χ1v) is 10.7. The molecular weight excluding hydrogens is 428 g/mol. The number of carbonyl (C=O) groups excluding carboxylic acids is 1. The normalized spacial score (nSPS) is 12.1. The van der Waals surface area contributed by atoms with E-state index in [-0.39, 0.29) is 17.3 Å². The third-order valence-electron chi connectivity index (χ3n) is 4.33. The lowest BCUT2D eigenvalue weighted by atomic mass is 10.1. The number of hydrogen-bond acceptors (Lipinski definition) is 5. The van der Waals surface area contributed by atoms with E-state index in [0.29, 0.717) is 26.6 Å². The van der Waals surface area contributed by atoms with Gasteiger partial charge in [0.2, 0.25) is 5.91 Å². The summed E-state index contributed by atoms with van der Waals surface area (Å²) in [4.78, 5) is 32.8. The van der Waals surface area contributed by atoms with E-state index in [1.165, 1.54) is 41.7 Å². The number of carbonyl (C=O) groups is 1.